The number of benzene rings is 2. The lowest BCUT2D eigenvalue weighted by Crippen LogP contribution is -2.18. The van der Waals surface area contributed by atoms with Crippen LogP contribution in [-0.4, -0.2) is 7.11 Å². The Hall–Kier alpha value is -2.02. The fraction of sp³-hybridized carbons (Fsp3) is 0.235. The number of ether oxygens (including phenoxy) is 1. The molecular weight excluding hydrogens is 284 g/mol. The summed E-state index contributed by atoms with van der Waals surface area (Å²) in [5, 5.41) is 13.3. The van der Waals surface area contributed by atoms with Gasteiger partial charge in [-0.3, -0.25) is 0 Å². The van der Waals surface area contributed by atoms with Crippen LogP contribution in [-0.2, 0) is 6.54 Å². The lowest BCUT2D eigenvalue weighted by Gasteiger charge is -2.15. The monoisotopic (exact) mass is 300 g/mol. The van der Waals surface area contributed by atoms with E-state index in [-0.39, 0.29) is 6.04 Å². The molecule has 0 spiro atoms. The van der Waals surface area contributed by atoms with Gasteiger partial charge in [0.1, 0.15) is 11.8 Å². The Kier molecular flexibility index (Phi) is 5.21. The van der Waals surface area contributed by atoms with Gasteiger partial charge in [-0.05, 0) is 42.3 Å². The molecule has 0 saturated carbocycles. The van der Waals surface area contributed by atoms with E-state index in [0.29, 0.717) is 17.9 Å². The van der Waals surface area contributed by atoms with Crippen molar-refractivity contribution in [3.63, 3.8) is 0 Å². The minimum Gasteiger partial charge on any atom is -0.495 e. The second kappa shape index (κ2) is 7.12. The van der Waals surface area contributed by atoms with Gasteiger partial charge in [-0.25, -0.2) is 0 Å². The van der Waals surface area contributed by atoms with Gasteiger partial charge >= 0.3 is 0 Å². The summed E-state index contributed by atoms with van der Waals surface area (Å²) in [5.74, 6) is 0.604. The molecule has 0 aliphatic carbocycles. The maximum Gasteiger partial charge on any atom is 0.136 e. The number of rotatable bonds is 5. The highest BCUT2D eigenvalue weighted by atomic mass is 35.5. The third kappa shape index (κ3) is 3.98. The van der Waals surface area contributed by atoms with Gasteiger partial charge in [-0.15, -0.1) is 0 Å². The number of nitriles is 1. The van der Waals surface area contributed by atoms with Crippen molar-refractivity contribution < 1.29 is 4.74 Å². The van der Waals surface area contributed by atoms with Crippen LogP contribution in [0, 0.1) is 11.3 Å². The van der Waals surface area contributed by atoms with E-state index in [0.717, 1.165) is 10.6 Å². The normalized spacial score (nSPS) is 11.7. The number of nitrogens with one attached hydrogen (secondary N) is 1. The topological polar surface area (TPSA) is 45.0 Å². The van der Waals surface area contributed by atoms with Crippen LogP contribution in [0.1, 0.15) is 29.7 Å². The van der Waals surface area contributed by atoms with Crippen molar-refractivity contribution in [3.05, 3.63) is 64.2 Å². The van der Waals surface area contributed by atoms with Crippen LogP contribution in [0.5, 0.6) is 5.75 Å². The zero-order valence-corrected chi connectivity index (χ0v) is 12.8. The predicted octanol–water partition coefficient (Wildman–Crippen LogP) is 4.07. The number of hydrogen-bond donors (Lipinski definition) is 1. The van der Waals surface area contributed by atoms with Crippen molar-refractivity contribution in [2.24, 2.45) is 0 Å². The molecule has 0 fully saturated rings. The summed E-state index contributed by atoms with van der Waals surface area (Å²) in [4.78, 5) is 0. The summed E-state index contributed by atoms with van der Waals surface area (Å²) >= 11 is 5.89. The molecule has 2 aromatic carbocycles. The Labute approximate surface area is 130 Å². The Balaban J connectivity index is 2.03. The van der Waals surface area contributed by atoms with Crippen LogP contribution >= 0.6 is 11.6 Å². The highest BCUT2D eigenvalue weighted by molar-refractivity contribution is 6.30. The van der Waals surface area contributed by atoms with E-state index in [4.69, 9.17) is 21.6 Å². The molecule has 3 nitrogen and oxygen atoms in total. The van der Waals surface area contributed by atoms with E-state index in [1.54, 1.807) is 7.11 Å². The molecule has 2 rings (SSSR count). The highest BCUT2D eigenvalue weighted by Crippen LogP contribution is 2.20. The maximum absolute atomic E-state index is 9.09. The van der Waals surface area contributed by atoms with E-state index in [1.165, 1.54) is 5.56 Å². The average molecular weight is 301 g/mol. The van der Waals surface area contributed by atoms with Crippen LogP contribution in [0.3, 0.4) is 0 Å². The summed E-state index contributed by atoms with van der Waals surface area (Å²) < 4.78 is 5.14. The SMILES string of the molecule is COc1ccc(CN[C@H](C)c2ccc(Cl)cc2)cc1C#N. The molecule has 1 N–H and O–H groups in total. The summed E-state index contributed by atoms with van der Waals surface area (Å²) in [6, 6.07) is 15.8. The van der Waals surface area contributed by atoms with E-state index >= 15 is 0 Å². The first-order valence-corrected chi connectivity index (χ1v) is 7.07. The van der Waals surface area contributed by atoms with Crippen LogP contribution < -0.4 is 10.1 Å². The number of hydrogen-bond acceptors (Lipinski definition) is 3. The highest BCUT2D eigenvalue weighted by Gasteiger charge is 2.07. The number of halogens is 1. The molecule has 2 aromatic rings. The summed E-state index contributed by atoms with van der Waals surface area (Å²) in [7, 11) is 1.57. The smallest absolute Gasteiger partial charge is 0.136 e. The molecule has 0 unspecified atom stereocenters. The van der Waals surface area contributed by atoms with E-state index in [9.17, 15) is 0 Å². The first kappa shape index (κ1) is 15.4. The lowest BCUT2D eigenvalue weighted by molar-refractivity contribution is 0.413. The summed E-state index contributed by atoms with van der Waals surface area (Å²) in [6.07, 6.45) is 0. The molecule has 0 saturated heterocycles. The average Bonchev–Trinajstić information content (AvgIpc) is 2.52. The van der Waals surface area contributed by atoms with Gasteiger partial charge in [-0.1, -0.05) is 29.8 Å². The molecule has 108 valence electrons. The minimum absolute atomic E-state index is 0.204. The van der Waals surface area contributed by atoms with Crippen LogP contribution in [0.15, 0.2) is 42.5 Å². The van der Waals surface area contributed by atoms with Crippen molar-refractivity contribution in [1.82, 2.24) is 5.32 Å². The van der Waals surface area contributed by atoms with Gasteiger partial charge in [0.25, 0.3) is 0 Å². The van der Waals surface area contributed by atoms with Gasteiger partial charge in [0.15, 0.2) is 0 Å². The van der Waals surface area contributed by atoms with Crippen LogP contribution in [0.25, 0.3) is 0 Å². The fourth-order valence-corrected chi connectivity index (χ4v) is 2.22. The third-order valence-corrected chi connectivity index (χ3v) is 3.62. The molecule has 0 aromatic heterocycles. The zero-order valence-electron chi connectivity index (χ0n) is 12.1. The van der Waals surface area contributed by atoms with E-state index in [2.05, 4.69) is 18.3 Å². The van der Waals surface area contributed by atoms with E-state index in [1.807, 2.05) is 42.5 Å². The Morgan fingerprint density at radius 1 is 1.24 bits per heavy atom. The van der Waals surface area contributed by atoms with Gasteiger partial charge < -0.3 is 10.1 Å². The summed E-state index contributed by atoms with van der Waals surface area (Å²) in [5.41, 5.74) is 2.78. The second-order valence-electron chi connectivity index (χ2n) is 4.80. The van der Waals surface area contributed by atoms with Gasteiger partial charge in [0.2, 0.25) is 0 Å². The molecule has 0 radical (unpaired) electrons. The van der Waals surface area contributed by atoms with Gasteiger partial charge in [-0.2, -0.15) is 5.26 Å². The van der Waals surface area contributed by atoms with Crippen molar-refractivity contribution in [3.8, 4) is 11.8 Å². The number of nitrogens with zero attached hydrogens (tertiary/aromatic N) is 1. The summed E-state index contributed by atoms with van der Waals surface area (Å²) in [6.45, 7) is 2.78. The lowest BCUT2D eigenvalue weighted by atomic mass is 10.1. The van der Waals surface area contributed by atoms with Gasteiger partial charge in [0.05, 0.1) is 12.7 Å². The first-order valence-electron chi connectivity index (χ1n) is 6.70. The van der Waals surface area contributed by atoms with Crippen LogP contribution in [0.4, 0.5) is 0 Å². The molecule has 4 heteroatoms. The predicted molar refractivity (Wildman–Crippen MR) is 84.4 cm³/mol. The molecule has 0 aliphatic heterocycles. The first-order chi connectivity index (χ1) is 10.1. The Bertz CT molecular complexity index is 647. The van der Waals surface area contributed by atoms with Crippen LogP contribution in [0.2, 0.25) is 5.02 Å². The minimum atomic E-state index is 0.204. The molecule has 21 heavy (non-hydrogen) atoms. The van der Waals surface area contributed by atoms with E-state index < -0.39 is 0 Å². The molecule has 0 aliphatic rings. The van der Waals surface area contributed by atoms with Crippen molar-refractivity contribution in [2.75, 3.05) is 7.11 Å². The fourth-order valence-electron chi connectivity index (χ4n) is 2.09. The molecular formula is C17H17ClN2O. The van der Waals surface area contributed by atoms with Crippen molar-refractivity contribution in [1.29, 1.82) is 5.26 Å². The second-order valence-corrected chi connectivity index (χ2v) is 5.24. The standard InChI is InChI=1S/C17H17ClN2O/c1-12(14-4-6-16(18)7-5-14)20-11-13-3-8-17(21-2)15(9-13)10-19/h3-9,12,20H,11H2,1-2H3/t12-/m1/s1. The molecule has 0 bridgehead atoms. The Morgan fingerprint density at radius 2 is 1.95 bits per heavy atom. The number of methoxy groups -OCH3 is 1. The van der Waals surface area contributed by atoms with Crippen molar-refractivity contribution in [2.45, 2.75) is 19.5 Å². The zero-order chi connectivity index (χ0) is 15.2. The largest absolute Gasteiger partial charge is 0.495 e. The van der Waals surface area contributed by atoms with Crippen molar-refractivity contribution >= 4 is 11.6 Å². The quantitative estimate of drug-likeness (QED) is 0.905. The maximum atomic E-state index is 9.09. The molecule has 0 amide bonds. The Morgan fingerprint density at radius 3 is 2.57 bits per heavy atom. The third-order valence-electron chi connectivity index (χ3n) is 3.37. The van der Waals surface area contributed by atoms with Gasteiger partial charge in [0, 0.05) is 17.6 Å². The molecule has 1 atom stereocenters. The molecule has 0 heterocycles.